The summed E-state index contributed by atoms with van der Waals surface area (Å²) in [5.74, 6) is 1.27. The van der Waals surface area contributed by atoms with E-state index in [9.17, 15) is 0 Å². The van der Waals surface area contributed by atoms with Gasteiger partial charge in [-0.05, 0) is 52.9 Å². The highest BCUT2D eigenvalue weighted by molar-refractivity contribution is 9.10. The Kier molecular flexibility index (Phi) is 4.47. The van der Waals surface area contributed by atoms with Crippen LogP contribution in [0.15, 0.2) is 22.8 Å². The quantitative estimate of drug-likeness (QED) is 0.840. The molecule has 2 rings (SSSR count). The van der Waals surface area contributed by atoms with Gasteiger partial charge in [-0.3, -0.25) is 4.98 Å². The van der Waals surface area contributed by atoms with Gasteiger partial charge in [0.2, 0.25) is 0 Å². The lowest BCUT2D eigenvalue weighted by atomic mass is 10.1. The van der Waals surface area contributed by atoms with Crippen LogP contribution in [0.25, 0.3) is 11.5 Å². The lowest BCUT2D eigenvalue weighted by Gasteiger charge is -2.10. The highest BCUT2D eigenvalue weighted by atomic mass is 79.9. The summed E-state index contributed by atoms with van der Waals surface area (Å²) < 4.78 is 1.46. The van der Waals surface area contributed by atoms with E-state index >= 15 is 0 Å². The third-order valence-corrected chi connectivity index (χ3v) is 4.12. The Hall–Kier alpha value is -1.07. The van der Waals surface area contributed by atoms with Crippen LogP contribution in [-0.4, -0.2) is 15.0 Å². The van der Waals surface area contributed by atoms with Gasteiger partial charge >= 0.3 is 0 Å². The largest absolute Gasteiger partial charge is 0.341 e. The van der Waals surface area contributed by atoms with Crippen LogP contribution in [0.1, 0.15) is 25.1 Å². The first-order valence-corrected chi connectivity index (χ1v) is 7.39. The molecule has 19 heavy (non-hydrogen) atoms. The number of rotatable bonds is 3. The van der Waals surface area contributed by atoms with Crippen molar-refractivity contribution < 1.29 is 0 Å². The average Bonchev–Trinajstić information content (AvgIpc) is 2.34. The number of hydrogen-bond donors (Lipinski definition) is 1. The Morgan fingerprint density at radius 2 is 2.16 bits per heavy atom. The molecule has 1 N–H and O–H groups in total. The van der Waals surface area contributed by atoms with Crippen molar-refractivity contribution in [3.05, 3.63) is 38.7 Å². The normalized spacial score (nSPS) is 11.0. The van der Waals surface area contributed by atoms with Crippen molar-refractivity contribution in [2.24, 2.45) is 5.92 Å². The van der Waals surface area contributed by atoms with Gasteiger partial charge in [0, 0.05) is 11.9 Å². The molecule has 0 amide bonds. The summed E-state index contributed by atoms with van der Waals surface area (Å²) in [5.41, 5.74) is 3.05. The Labute approximate surface area is 126 Å². The van der Waals surface area contributed by atoms with E-state index in [-0.39, 0.29) is 0 Å². The lowest BCUT2D eigenvalue weighted by molar-refractivity contribution is 0.632. The third-order valence-electron chi connectivity index (χ3n) is 2.71. The van der Waals surface area contributed by atoms with Crippen LogP contribution in [0, 0.1) is 17.5 Å². The molecule has 0 saturated heterocycles. The van der Waals surface area contributed by atoms with Crippen molar-refractivity contribution in [3.63, 3.8) is 0 Å². The molecule has 3 nitrogen and oxygen atoms in total. The summed E-state index contributed by atoms with van der Waals surface area (Å²) >= 11 is 8.82. The molecule has 0 unspecified atom stereocenters. The number of pyridine rings is 1. The predicted octanol–water partition coefficient (Wildman–Crippen LogP) is 4.47. The van der Waals surface area contributed by atoms with Crippen molar-refractivity contribution in [3.8, 4) is 11.5 Å². The molecule has 2 aromatic heterocycles. The van der Waals surface area contributed by atoms with E-state index in [1.807, 2.05) is 19.1 Å². The van der Waals surface area contributed by atoms with Gasteiger partial charge in [-0.1, -0.05) is 26.1 Å². The Morgan fingerprint density at radius 3 is 2.79 bits per heavy atom. The van der Waals surface area contributed by atoms with Crippen LogP contribution >= 0.6 is 28.1 Å². The standard InChI is InChI=1S/C14H16BrN3S/c1-8(2)6-10-12(15)14(19)18-13(17-10)11-7-9(3)4-5-16-11/h4-5,7-8H,6H2,1-3H3,(H,17,18,19). The molecule has 0 aromatic carbocycles. The molecular formula is C14H16BrN3S. The van der Waals surface area contributed by atoms with Gasteiger partial charge in [-0.15, -0.1) is 0 Å². The van der Waals surface area contributed by atoms with Gasteiger partial charge in [0.25, 0.3) is 0 Å². The van der Waals surface area contributed by atoms with Crippen molar-refractivity contribution in [1.29, 1.82) is 0 Å². The fraction of sp³-hybridized carbons (Fsp3) is 0.357. The van der Waals surface area contributed by atoms with Gasteiger partial charge in [0.1, 0.15) is 10.3 Å². The third kappa shape index (κ3) is 3.48. The molecule has 2 aromatic rings. The van der Waals surface area contributed by atoms with Gasteiger partial charge < -0.3 is 4.98 Å². The average molecular weight is 338 g/mol. The first-order valence-electron chi connectivity index (χ1n) is 6.19. The maximum Gasteiger partial charge on any atom is 0.157 e. The van der Waals surface area contributed by atoms with Gasteiger partial charge in [0.05, 0.1) is 4.47 Å². The van der Waals surface area contributed by atoms with E-state index in [1.54, 1.807) is 6.20 Å². The van der Waals surface area contributed by atoms with Crippen LogP contribution in [0.3, 0.4) is 0 Å². The molecule has 100 valence electrons. The summed E-state index contributed by atoms with van der Waals surface area (Å²) in [6, 6.07) is 3.96. The number of aromatic nitrogens is 3. The zero-order chi connectivity index (χ0) is 14.0. The van der Waals surface area contributed by atoms with E-state index in [0.717, 1.165) is 33.7 Å². The topological polar surface area (TPSA) is 41.6 Å². The number of hydrogen-bond acceptors (Lipinski definition) is 3. The fourth-order valence-corrected chi connectivity index (χ4v) is 2.41. The van der Waals surface area contributed by atoms with E-state index in [2.05, 4.69) is 44.7 Å². The molecule has 0 bridgehead atoms. The summed E-state index contributed by atoms with van der Waals surface area (Å²) in [6.07, 6.45) is 2.71. The smallest absolute Gasteiger partial charge is 0.157 e. The zero-order valence-electron chi connectivity index (χ0n) is 11.2. The van der Waals surface area contributed by atoms with Crippen LogP contribution in [0.2, 0.25) is 0 Å². The maximum absolute atomic E-state index is 5.31. The molecule has 2 heterocycles. The summed E-state index contributed by atoms with van der Waals surface area (Å²) in [5, 5.41) is 0. The minimum absolute atomic E-state index is 0.544. The second-order valence-electron chi connectivity index (χ2n) is 5.00. The lowest BCUT2D eigenvalue weighted by Crippen LogP contribution is -2.03. The van der Waals surface area contributed by atoms with E-state index in [4.69, 9.17) is 12.2 Å². The van der Waals surface area contributed by atoms with Crippen molar-refractivity contribution in [2.45, 2.75) is 27.2 Å². The molecular weight excluding hydrogens is 322 g/mol. The molecule has 0 fully saturated rings. The molecule has 0 spiro atoms. The predicted molar refractivity (Wildman–Crippen MR) is 83.6 cm³/mol. The summed E-state index contributed by atoms with van der Waals surface area (Å²) in [7, 11) is 0. The molecule has 0 aliphatic heterocycles. The Balaban J connectivity index is 2.53. The van der Waals surface area contributed by atoms with Crippen molar-refractivity contribution >= 4 is 28.1 Å². The highest BCUT2D eigenvalue weighted by Gasteiger charge is 2.10. The van der Waals surface area contributed by atoms with Crippen LogP contribution < -0.4 is 0 Å². The van der Waals surface area contributed by atoms with Crippen molar-refractivity contribution in [1.82, 2.24) is 15.0 Å². The van der Waals surface area contributed by atoms with Gasteiger partial charge in [-0.25, -0.2) is 4.98 Å². The van der Waals surface area contributed by atoms with E-state index < -0.39 is 0 Å². The van der Waals surface area contributed by atoms with Crippen LogP contribution in [-0.2, 0) is 6.42 Å². The molecule has 0 aliphatic carbocycles. The van der Waals surface area contributed by atoms with Gasteiger partial charge in [-0.2, -0.15) is 0 Å². The minimum Gasteiger partial charge on any atom is -0.341 e. The van der Waals surface area contributed by atoms with Gasteiger partial charge in [0.15, 0.2) is 5.82 Å². The van der Waals surface area contributed by atoms with Crippen LogP contribution in [0.4, 0.5) is 0 Å². The fourth-order valence-electron chi connectivity index (χ4n) is 1.84. The number of nitrogens with zero attached hydrogens (tertiary/aromatic N) is 2. The molecule has 0 saturated carbocycles. The number of nitrogens with one attached hydrogen (secondary N) is 1. The second-order valence-corrected chi connectivity index (χ2v) is 6.18. The minimum atomic E-state index is 0.544. The summed E-state index contributed by atoms with van der Waals surface area (Å²) in [4.78, 5) is 12.1. The Bertz CT molecular complexity index is 649. The zero-order valence-corrected chi connectivity index (χ0v) is 13.6. The molecule has 0 radical (unpaired) electrons. The molecule has 5 heteroatoms. The molecule has 0 atom stereocenters. The second kappa shape index (κ2) is 5.92. The van der Waals surface area contributed by atoms with E-state index in [1.165, 1.54) is 0 Å². The maximum atomic E-state index is 5.31. The SMILES string of the molecule is Cc1ccnc(-c2nc(=S)c(Br)c(CC(C)C)[nH]2)c1. The number of aryl methyl sites for hydroxylation is 1. The van der Waals surface area contributed by atoms with E-state index in [0.29, 0.717) is 10.6 Å². The highest BCUT2D eigenvalue weighted by Crippen LogP contribution is 2.22. The first-order chi connectivity index (χ1) is 8.97. The number of halogens is 1. The number of aromatic amines is 1. The monoisotopic (exact) mass is 337 g/mol. The van der Waals surface area contributed by atoms with Crippen LogP contribution in [0.5, 0.6) is 0 Å². The first kappa shape index (κ1) is 14.3. The Morgan fingerprint density at radius 1 is 1.42 bits per heavy atom. The summed E-state index contributed by atoms with van der Waals surface area (Å²) in [6.45, 7) is 6.39. The number of H-pyrrole nitrogens is 1. The molecule has 0 aliphatic rings. The van der Waals surface area contributed by atoms with Crippen molar-refractivity contribution in [2.75, 3.05) is 0 Å².